The molecule has 0 spiro atoms. The van der Waals surface area contributed by atoms with Gasteiger partial charge in [-0.3, -0.25) is 0 Å². The number of hydrogen-bond acceptors (Lipinski definition) is 2. The Morgan fingerprint density at radius 3 is 2.78 bits per heavy atom. The van der Waals surface area contributed by atoms with Crippen LogP contribution in [-0.4, -0.2) is 25.2 Å². The summed E-state index contributed by atoms with van der Waals surface area (Å²) in [6.07, 6.45) is 2.35. The fourth-order valence-corrected chi connectivity index (χ4v) is 3.69. The largest absolute Gasteiger partial charge is 0.365 e. The summed E-state index contributed by atoms with van der Waals surface area (Å²) >= 11 is 8.43. The van der Waals surface area contributed by atoms with E-state index in [9.17, 15) is 0 Å². The topological polar surface area (TPSA) is 15.3 Å². The van der Waals surface area contributed by atoms with Crippen LogP contribution in [0.25, 0.3) is 0 Å². The summed E-state index contributed by atoms with van der Waals surface area (Å²) in [4.78, 5) is 2.54. The van der Waals surface area contributed by atoms with E-state index in [1.54, 1.807) is 0 Å². The normalized spacial score (nSPS) is 24.3. The molecule has 18 heavy (non-hydrogen) atoms. The molecule has 0 radical (unpaired) electrons. The number of nitrogens with zero attached hydrogens (tertiary/aromatic N) is 1. The highest BCUT2D eigenvalue weighted by Gasteiger charge is 2.27. The number of nitrogens with one attached hydrogen (secondary N) is 1. The van der Waals surface area contributed by atoms with E-state index in [1.807, 2.05) is 12.1 Å². The SMILES string of the molecule is CCC1CN(c2ccc(Cl)cc2I)C(CC)CN1. The Labute approximate surface area is 128 Å². The Morgan fingerprint density at radius 2 is 2.17 bits per heavy atom. The molecule has 1 aromatic carbocycles. The quantitative estimate of drug-likeness (QED) is 0.802. The number of rotatable bonds is 3. The predicted molar refractivity (Wildman–Crippen MR) is 87.7 cm³/mol. The van der Waals surface area contributed by atoms with Crippen LogP contribution in [0.5, 0.6) is 0 Å². The van der Waals surface area contributed by atoms with Crippen molar-refractivity contribution in [2.75, 3.05) is 18.0 Å². The van der Waals surface area contributed by atoms with Gasteiger partial charge in [0.1, 0.15) is 0 Å². The van der Waals surface area contributed by atoms with Gasteiger partial charge >= 0.3 is 0 Å². The van der Waals surface area contributed by atoms with Crippen molar-refractivity contribution in [2.24, 2.45) is 0 Å². The zero-order valence-electron chi connectivity index (χ0n) is 10.9. The number of piperazine rings is 1. The minimum atomic E-state index is 0.586. The molecule has 2 unspecified atom stereocenters. The van der Waals surface area contributed by atoms with Crippen LogP contribution in [0, 0.1) is 3.57 Å². The molecule has 100 valence electrons. The molecule has 0 saturated carbocycles. The lowest BCUT2D eigenvalue weighted by molar-refractivity contribution is 0.378. The standard InChI is InChI=1S/C14H20ClIN2/c1-3-11-9-18(12(4-2)8-17-11)14-6-5-10(15)7-13(14)16/h5-7,11-12,17H,3-4,8-9H2,1-2H3. The summed E-state index contributed by atoms with van der Waals surface area (Å²) in [5.41, 5.74) is 1.33. The van der Waals surface area contributed by atoms with E-state index in [0.717, 1.165) is 18.1 Å². The Balaban J connectivity index is 2.26. The average Bonchev–Trinajstić information content (AvgIpc) is 2.38. The third-order valence-corrected chi connectivity index (χ3v) is 4.78. The summed E-state index contributed by atoms with van der Waals surface area (Å²) < 4.78 is 1.25. The third kappa shape index (κ3) is 3.11. The van der Waals surface area contributed by atoms with Gasteiger partial charge in [0.25, 0.3) is 0 Å². The van der Waals surface area contributed by atoms with Crippen LogP contribution < -0.4 is 10.2 Å². The van der Waals surface area contributed by atoms with Gasteiger partial charge in [-0.2, -0.15) is 0 Å². The molecule has 0 aromatic heterocycles. The first-order chi connectivity index (χ1) is 8.65. The first kappa shape index (κ1) is 14.4. The van der Waals surface area contributed by atoms with E-state index in [1.165, 1.54) is 22.1 Å². The maximum atomic E-state index is 6.05. The highest BCUT2D eigenvalue weighted by Crippen LogP contribution is 2.29. The van der Waals surface area contributed by atoms with E-state index >= 15 is 0 Å². The summed E-state index contributed by atoms with van der Waals surface area (Å²) in [6.45, 7) is 6.67. The van der Waals surface area contributed by atoms with E-state index in [0.29, 0.717) is 12.1 Å². The molecule has 1 N–H and O–H groups in total. The molecule has 2 nitrogen and oxygen atoms in total. The molecule has 1 heterocycles. The van der Waals surface area contributed by atoms with Crippen molar-refractivity contribution < 1.29 is 0 Å². The van der Waals surface area contributed by atoms with Crippen molar-refractivity contribution in [3.63, 3.8) is 0 Å². The van der Waals surface area contributed by atoms with Crippen LogP contribution in [0.4, 0.5) is 5.69 Å². The van der Waals surface area contributed by atoms with Gasteiger partial charge in [-0.15, -0.1) is 0 Å². The highest BCUT2D eigenvalue weighted by molar-refractivity contribution is 14.1. The fourth-order valence-electron chi connectivity index (χ4n) is 2.51. The van der Waals surface area contributed by atoms with E-state index < -0.39 is 0 Å². The molecule has 0 aliphatic carbocycles. The van der Waals surface area contributed by atoms with Gasteiger partial charge in [0.2, 0.25) is 0 Å². The van der Waals surface area contributed by atoms with Crippen LogP contribution in [0.15, 0.2) is 18.2 Å². The summed E-state index contributed by atoms with van der Waals surface area (Å²) in [7, 11) is 0. The van der Waals surface area contributed by atoms with Gasteiger partial charge in [0.15, 0.2) is 0 Å². The van der Waals surface area contributed by atoms with Gasteiger partial charge in [0, 0.05) is 33.8 Å². The van der Waals surface area contributed by atoms with Gasteiger partial charge in [0.05, 0.1) is 5.69 Å². The van der Waals surface area contributed by atoms with Crippen molar-refractivity contribution in [1.82, 2.24) is 5.32 Å². The molecule has 4 heteroatoms. The second-order valence-corrected chi connectivity index (χ2v) is 6.42. The second-order valence-electron chi connectivity index (χ2n) is 4.82. The molecular weight excluding hydrogens is 359 g/mol. The molecule has 2 atom stereocenters. The maximum absolute atomic E-state index is 6.05. The van der Waals surface area contributed by atoms with E-state index in [4.69, 9.17) is 11.6 Å². The smallest absolute Gasteiger partial charge is 0.0506 e. The van der Waals surface area contributed by atoms with Gasteiger partial charge in [-0.1, -0.05) is 25.4 Å². The number of benzene rings is 1. The highest BCUT2D eigenvalue weighted by atomic mass is 127. The predicted octanol–water partition coefficient (Wildman–Crippen LogP) is 3.91. The van der Waals surface area contributed by atoms with Crippen molar-refractivity contribution in [2.45, 2.75) is 38.8 Å². The molecule has 1 aliphatic rings. The van der Waals surface area contributed by atoms with Crippen LogP contribution in [0.3, 0.4) is 0 Å². The number of anilines is 1. The third-order valence-electron chi connectivity index (χ3n) is 3.68. The van der Waals surface area contributed by atoms with Crippen LogP contribution in [-0.2, 0) is 0 Å². The number of hydrogen-bond donors (Lipinski definition) is 1. The van der Waals surface area contributed by atoms with E-state index in [2.05, 4.69) is 52.7 Å². The van der Waals surface area contributed by atoms with Gasteiger partial charge < -0.3 is 10.2 Å². The first-order valence-electron chi connectivity index (χ1n) is 6.60. The lowest BCUT2D eigenvalue weighted by atomic mass is 10.0. The second kappa shape index (κ2) is 6.44. The lowest BCUT2D eigenvalue weighted by Crippen LogP contribution is -2.56. The van der Waals surface area contributed by atoms with Gasteiger partial charge in [-0.05, 0) is 53.6 Å². The fraction of sp³-hybridized carbons (Fsp3) is 0.571. The molecule has 1 aliphatic heterocycles. The van der Waals surface area contributed by atoms with Crippen molar-refractivity contribution in [1.29, 1.82) is 0 Å². The minimum Gasteiger partial charge on any atom is -0.365 e. The molecular formula is C14H20ClIN2. The van der Waals surface area contributed by atoms with Crippen LogP contribution >= 0.6 is 34.2 Å². The Morgan fingerprint density at radius 1 is 1.39 bits per heavy atom. The average molecular weight is 379 g/mol. The molecule has 1 fully saturated rings. The zero-order valence-corrected chi connectivity index (χ0v) is 13.8. The molecule has 0 bridgehead atoms. The molecule has 2 rings (SSSR count). The summed E-state index contributed by atoms with van der Waals surface area (Å²) in [6, 6.07) is 7.38. The summed E-state index contributed by atoms with van der Waals surface area (Å²) in [5.74, 6) is 0. The van der Waals surface area contributed by atoms with Crippen molar-refractivity contribution in [3.8, 4) is 0 Å². The maximum Gasteiger partial charge on any atom is 0.0506 e. The summed E-state index contributed by atoms with van der Waals surface area (Å²) in [5, 5.41) is 4.45. The Kier molecular flexibility index (Phi) is 5.15. The molecule has 1 saturated heterocycles. The Bertz CT molecular complexity index is 411. The van der Waals surface area contributed by atoms with E-state index in [-0.39, 0.29) is 0 Å². The van der Waals surface area contributed by atoms with Gasteiger partial charge in [-0.25, -0.2) is 0 Å². The zero-order chi connectivity index (χ0) is 13.1. The first-order valence-corrected chi connectivity index (χ1v) is 8.06. The lowest BCUT2D eigenvalue weighted by Gasteiger charge is -2.42. The number of halogens is 2. The van der Waals surface area contributed by atoms with Crippen LogP contribution in [0.1, 0.15) is 26.7 Å². The van der Waals surface area contributed by atoms with Crippen LogP contribution in [0.2, 0.25) is 5.02 Å². The monoisotopic (exact) mass is 378 g/mol. The van der Waals surface area contributed by atoms with Crippen molar-refractivity contribution >= 4 is 39.9 Å². The Hall–Kier alpha value is -0.0000000000000000763. The molecule has 1 aromatic rings. The molecule has 0 amide bonds. The van der Waals surface area contributed by atoms with Crippen molar-refractivity contribution in [3.05, 3.63) is 26.8 Å². The minimum absolute atomic E-state index is 0.586.